The van der Waals surface area contributed by atoms with Crippen molar-refractivity contribution in [1.82, 2.24) is 0 Å². The number of fused-ring (bicyclic) bond motifs is 5. The first-order valence-corrected chi connectivity index (χ1v) is 15.0. The molecule has 0 heteroatoms. The lowest BCUT2D eigenvalue weighted by atomic mass is 9.42. The average Bonchev–Trinajstić information content (AvgIpc) is 3.04. The Hall–Kier alpha value is 0. The molecule has 4 aliphatic carbocycles. The van der Waals surface area contributed by atoms with E-state index in [1.54, 1.807) is 12.8 Å². The van der Waals surface area contributed by atoms with Crippen LogP contribution in [0.3, 0.4) is 0 Å². The van der Waals surface area contributed by atoms with Crippen molar-refractivity contribution in [1.29, 1.82) is 0 Å². The fraction of sp³-hybridized carbons (Fsp3) is 1.00. The second kappa shape index (κ2) is 9.22. The summed E-state index contributed by atoms with van der Waals surface area (Å²) in [6.45, 7) is 23.5. The van der Waals surface area contributed by atoms with Crippen molar-refractivity contribution in [2.24, 2.45) is 75.9 Å². The number of rotatable bonds is 6. The molecule has 4 aliphatic rings. The van der Waals surface area contributed by atoms with Gasteiger partial charge in [-0.15, -0.1) is 0 Å². The molecule has 13 atom stereocenters. The molecule has 0 aromatic rings. The van der Waals surface area contributed by atoms with E-state index < -0.39 is 0 Å². The molecule has 0 aromatic heterocycles. The summed E-state index contributed by atoms with van der Waals surface area (Å²) in [5.74, 6) is 10.5. The molecule has 0 radical (unpaired) electrons. The van der Waals surface area contributed by atoms with Crippen LogP contribution in [-0.2, 0) is 0 Å². The van der Waals surface area contributed by atoms with Crippen LogP contribution in [0.5, 0.6) is 0 Å². The smallest absolute Gasteiger partial charge is 0.0235 e. The van der Waals surface area contributed by atoms with Gasteiger partial charge < -0.3 is 0 Å². The largest absolute Gasteiger partial charge is 0.0651 e. The first-order chi connectivity index (χ1) is 15.0. The predicted octanol–water partition coefficient (Wildman–Crippen LogP) is 9.87. The second-order valence-electron chi connectivity index (χ2n) is 14.7. The SMILES string of the molecule is CCC(C)CCC(C)C(C)C1C(C)CC2C3CCC4CC(C)CCC4(C)C3CC(C)C21C. The zero-order chi connectivity index (χ0) is 23.4. The third-order valence-corrected chi connectivity index (χ3v) is 13.2. The van der Waals surface area contributed by atoms with Gasteiger partial charge in [0.2, 0.25) is 0 Å². The van der Waals surface area contributed by atoms with Crippen LogP contribution < -0.4 is 0 Å². The summed E-state index contributed by atoms with van der Waals surface area (Å²) in [5, 5.41) is 0. The maximum absolute atomic E-state index is 2.79. The number of hydrogen-bond donors (Lipinski definition) is 0. The van der Waals surface area contributed by atoms with E-state index >= 15 is 0 Å². The quantitative estimate of drug-likeness (QED) is 0.384. The molecular formula is C32H58. The molecule has 0 heterocycles. The molecule has 186 valence electrons. The van der Waals surface area contributed by atoms with Gasteiger partial charge in [-0.3, -0.25) is 0 Å². The summed E-state index contributed by atoms with van der Waals surface area (Å²) in [5.41, 5.74) is 1.23. The van der Waals surface area contributed by atoms with E-state index in [-0.39, 0.29) is 0 Å². The van der Waals surface area contributed by atoms with Crippen LogP contribution in [0.4, 0.5) is 0 Å². The highest BCUT2D eigenvalue weighted by atomic mass is 14.7. The summed E-state index contributed by atoms with van der Waals surface area (Å²) < 4.78 is 0. The molecule has 0 bridgehead atoms. The molecule has 13 unspecified atom stereocenters. The first kappa shape index (κ1) is 25.1. The molecule has 32 heavy (non-hydrogen) atoms. The molecule has 0 nitrogen and oxygen atoms in total. The van der Waals surface area contributed by atoms with Crippen LogP contribution in [0.25, 0.3) is 0 Å². The first-order valence-electron chi connectivity index (χ1n) is 15.0. The van der Waals surface area contributed by atoms with Gasteiger partial charge in [-0.05, 0) is 114 Å². The van der Waals surface area contributed by atoms with Gasteiger partial charge in [-0.2, -0.15) is 0 Å². The van der Waals surface area contributed by atoms with Crippen LogP contribution >= 0.6 is 0 Å². The topological polar surface area (TPSA) is 0 Å². The standard InChI is InChI=1S/C32H58/c1-10-20(2)11-12-22(4)25(7)30-23(5)18-29-27-14-13-26-17-21(3)15-16-31(26,8)28(27)19-24(6)32(29,30)9/h20-30H,10-19H2,1-9H3. The fourth-order valence-corrected chi connectivity index (χ4v) is 10.7. The van der Waals surface area contributed by atoms with Crippen molar-refractivity contribution >= 4 is 0 Å². The Balaban J connectivity index is 1.55. The molecule has 0 amide bonds. The van der Waals surface area contributed by atoms with Crippen LogP contribution in [0.15, 0.2) is 0 Å². The summed E-state index contributed by atoms with van der Waals surface area (Å²) in [4.78, 5) is 0. The van der Waals surface area contributed by atoms with E-state index in [9.17, 15) is 0 Å². The molecule has 4 saturated carbocycles. The van der Waals surface area contributed by atoms with Crippen molar-refractivity contribution in [3.05, 3.63) is 0 Å². The van der Waals surface area contributed by atoms with E-state index in [4.69, 9.17) is 0 Å². The van der Waals surface area contributed by atoms with Crippen molar-refractivity contribution in [2.45, 2.75) is 127 Å². The highest BCUT2D eigenvalue weighted by Crippen LogP contribution is 2.71. The lowest BCUT2D eigenvalue weighted by Crippen LogP contribution is -2.56. The van der Waals surface area contributed by atoms with Crippen LogP contribution in [0.1, 0.15) is 127 Å². The second-order valence-corrected chi connectivity index (χ2v) is 14.7. The third kappa shape index (κ3) is 3.94. The van der Waals surface area contributed by atoms with Gasteiger partial charge in [0.25, 0.3) is 0 Å². The van der Waals surface area contributed by atoms with Gasteiger partial charge in [-0.25, -0.2) is 0 Å². The Morgan fingerprint density at radius 2 is 1.56 bits per heavy atom. The zero-order valence-corrected chi connectivity index (χ0v) is 23.4. The zero-order valence-electron chi connectivity index (χ0n) is 23.4. The molecule has 4 rings (SSSR count). The molecule has 0 spiro atoms. The van der Waals surface area contributed by atoms with Gasteiger partial charge in [0, 0.05) is 0 Å². The molecular weight excluding hydrogens is 384 g/mol. The van der Waals surface area contributed by atoms with Gasteiger partial charge in [-0.1, -0.05) is 88.0 Å². The third-order valence-electron chi connectivity index (χ3n) is 13.2. The summed E-state index contributed by atoms with van der Waals surface area (Å²) in [6, 6.07) is 0. The fourth-order valence-electron chi connectivity index (χ4n) is 10.7. The minimum absolute atomic E-state index is 0.579. The van der Waals surface area contributed by atoms with Gasteiger partial charge >= 0.3 is 0 Å². The Kier molecular flexibility index (Phi) is 7.24. The van der Waals surface area contributed by atoms with E-state index in [1.165, 1.54) is 51.4 Å². The van der Waals surface area contributed by atoms with Crippen molar-refractivity contribution in [2.75, 3.05) is 0 Å². The summed E-state index contributed by atoms with van der Waals surface area (Å²) in [6.07, 6.45) is 14.9. The van der Waals surface area contributed by atoms with E-state index in [0.717, 1.165) is 65.1 Å². The normalized spacial score (nSPS) is 51.3. The van der Waals surface area contributed by atoms with Gasteiger partial charge in [0.1, 0.15) is 0 Å². The average molecular weight is 443 g/mol. The minimum atomic E-state index is 0.579. The Morgan fingerprint density at radius 3 is 2.25 bits per heavy atom. The molecule has 0 aliphatic heterocycles. The van der Waals surface area contributed by atoms with Crippen molar-refractivity contribution < 1.29 is 0 Å². The predicted molar refractivity (Wildman–Crippen MR) is 140 cm³/mol. The maximum Gasteiger partial charge on any atom is -0.0235 e. The molecule has 0 aromatic carbocycles. The molecule has 4 fully saturated rings. The number of hydrogen-bond acceptors (Lipinski definition) is 0. The Bertz CT molecular complexity index is 636. The van der Waals surface area contributed by atoms with E-state index in [0.29, 0.717) is 10.8 Å². The van der Waals surface area contributed by atoms with Crippen LogP contribution in [0.2, 0.25) is 0 Å². The summed E-state index contributed by atoms with van der Waals surface area (Å²) in [7, 11) is 0. The highest BCUT2D eigenvalue weighted by Gasteiger charge is 2.64. The minimum Gasteiger partial charge on any atom is -0.0651 e. The Morgan fingerprint density at radius 1 is 0.844 bits per heavy atom. The molecule has 0 saturated heterocycles. The molecule has 0 N–H and O–H groups in total. The van der Waals surface area contributed by atoms with Crippen LogP contribution in [0, 0.1) is 75.9 Å². The van der Waals surface area contributed by atoms with Crippen molar-refractivity contribution in [3.8, 4) is 0 Å². The Labute approximate surface area is 202 Å². The van der Waals surface area contributed by atoms with E-state index in [1.807, 2.05) is 0 Å². The van der Waals surface area contributed by atoms with Crippen molar-refractivity contribution in [3.63, 3.8) is 0 Å². The monoisotopic (exact) mass is 442 g/mol. The summed E-state index contributed by atoms with van der Waals surface area (Å²) >= 11 is 0. The van der Waals surface area contributed by atoms with Crippen LogP contribution in [-0.4, -0.2) is 0 Å². The highest BCUT2D eigenvalue weighted by molar-refractivity contribution is 5.12. The lowest BCUT2D eigenvalue weighted by molar-refractivity contribution is -0.145. The van der Waals surface area contributed by atoms with E-state index in [2.05, 4.69) is 62.3 Å². The van der Waals surface area contributed by atoms with Gasteiger partial charge in [0.05, 0.1) is 0 Å². The maximum atomic E-state index is 2.79. The lowest BCUT2D eigenvalue weighted by Gasteiger charge is -2.63. The van der Waals surface area contributed by atoms with Gasteiger partial charge in [0.15, 0.2) is 0 Å².